The second-order valence-corrected chi connectivity index (χ2v) is 6.84. The van der Waals surface area contributed by atoms with E-state index in [1.165, 1.54) is 0 Å². The fraction of sp³-hybridized carbons (Fsp3) is 0.895. The number of ether oxygens (including phenoxy) is 7. The monoisotopic (exact) mass is 424 g/mol. The quantitative estimate of drug-likeness (QED) is 0.223. The molecule has 0 amide bonds. The first-order valence-corrected chi connectivity index (χ1v) is 9.71. The van der Waals surface area contributed by atoms with E-state index in [-0.39, 0.29) is 25.6 Å². The number of rotatable bonds is 20. The Balaban J connectivity index is 3.14. The molecule has 29 heavy (non-hydrogen) atoms. The maximum absolute atomic E-state index is 11.5. The molecular formula is C19H36O10. The minimum absolute atomic E-state index is 0.226. The third-order valence-electron chi connectivity index (χ3n) is 2.96. The summed E-state index contributed by atoms with van der Waals surface area (Å²) in [5.41, 5.74) is -0.473. The molecule has 0 aliphatic carbocycles. The normalized spacial score (nSPS) is 11.6. The summed E-state index contributed by atoms with van der Waals surface area (Å²) < 4.78 is 36.5. The first-order chi connectivity index (χ1) is 13.8. The van der Waals surface area contributed by atoms with E-state index >= 15 is 0 Å². The maximum Gasteiger partial charge on any atom is 0.329 e. The number of carbonyl (C=O) groups is 2. The van der Waals surface area contributed by atoms with E-state index in [0.717, 1.165) is 0 Å². The Bertz CT molecular complexity index is 408. The molecule has 0 unspecified atom stereocenters. The number of hydrogen-bond donors (Lipinski definition) is 1. The van der Waals surface area contributed by atoms with Crippen molar-refractivity contribution >= 4 is 11.9 Å². The van der Waals surface area contributed by atoms with Crippen molar-refractivity contribution in [1.29, 1.82) is 0 Å². The fourth-order valence-corrected chi connectivity index (χ4v) is 1.81. The molecule has 0 radical (unpaired) electrons. The first-order valence-electron chi connectivity index (χ1n) is 9.71. The summed E-state index contributed by atoms with van der Waals surface area (Å²) in [6.45, 7) is 9.54. The van der Waals surface area contributed by atoms with Crippen LogP contribution in [0.25, 0.3) is 0 Å². The number of carboxylic acid groups (broad SMARTS) is 1. The molecule has 10 nitrogen and oxygen atoms in total. The summed E-state index contributed by atoms with van der Waals surface area (Å²) in [5, 5.41) is 8.37. The number of aliphatic carboxylic acids is 1. The van der Waals surface area contributed by atoms with Crippen molar-refractivity contribution in [2.45, 2.75) is 32.8 Å². The van der Waals surface area contributed by atoms with E-state index in [1.54, 1.807) is 0 Å². The minimum atomic E-state index is -0.998. The van der Waals surface area contributed by atoms with Gasteiger partial charge in [0.2, 0.25) is 0 Å². The lowest BCUT2D eigenvalue weighted by atomic mass is 10.2. The Labute approximate surface area is 172 Å². The molecule has 0 aromatic rings. The second kappa shape index (κ2) is 18.7. The highest BCUT2D eigenvalue weighted by Crippen LogP contribution is 2.07. The van der Waals surface area contributed by atoms with E-state index in [1.807, 2.05) is 20.8 Å². The van der Waals surface area contributed by atoms with Crippen molar-refractivity contribution in [1.82, 2.24) is 0 Å². The maximum atomic E-state index is 11.5. The molecule has 0 aromatic carbocycles. The molecule has 0 aromatic heterocycles. The van der Waals surface area contributed by atoms with Crippen LogP contribution in [0.2, 0.25) is 0 Å². The van der Waals surface area contributed by atoms with Gasteiger partial charge in [-0.3, -0.25) is 4.79 Å². The molecule has 0 aliphatic heterocycles. The van der Waals surface area contributed by atoms with Gasteiger partial charge in [-0.05, 0) is 20.8 Å². The standard InChI is InChI=1S/C19H36O10/c1-19(2,3)29-18(22)4-5-23-6-7-24-8-9-25-10-11-26-12-13-27-14-15-28-16-17(20)21/h4-16H2,1-3H3,(H,20,21). The summed E-state index contributed by atoms with van der Waals surface area (Å²) in [5.74, 6) is -1.27. The zero-order chi connectivity index (χ0) is 21.8. The Hall–Kier alpha value is -1.30. The van der Waals surface area contributed by atoms with Crippen LogP contribution < -0.4 is 0 Å². The van der Waals surface area contributed by atoms with Gasteiger partial charge in [0.25, 0.3) is 0 Å². The molecule has 0 heterocycles. The molecule has 0 rings (SSSR count). The van der Waals surface area contributed by atoms with Crippen LogP contribution >= 0.6 is 0 Å². The molecule has 0 saturated heterocycles. The Kier molecular flexibility index (Phi) is 17.9. The van der Waals surface area contributed by atoms with Gasteiger partial charge in [-0.2, -0.15) is 0 Å². The molecule has 0 atom stereocenters. The topological polar surface area (TPSA) is 119 Å². The van der Waals surface area contributed by atoms with Crippen molar-refractivity contribution in [3.8, 4) is 0 Å². The van der Waals surface area contributed by atoms with Gasteiger partial charge >= 0.3 is 11.9 Å². The lowest BCUT2D eigenvalue weighted by Gasteiger charge is -2.19. The van der Waals surface area contributed by atoms with Crippen LogP contribution in [0.3, 0.4) is 0 Å². The fourth-order valence-electron chi connectivity index (χ4n) is 1.81. The van der Waals surface area contributed by atoms with E-state index in [4.69, 9.17) is 38.3 Å². The zero-order valence-corrected chi connectivity index (χ0v) is 17.8. The third-order valence-corrected chi connectivity index (χ3v) is 2.96. The molecule has 0 bridgehead atoms. The van der Waals surface area contributed by atoms with Crippen LogP contribution in [0.15, 0.2) is 0 Å². The lowest BCUT2D eigenvalue weighted by Crippen LogP contribution is -2.24. The second-order valence-electron chi connectivity index (χ2n) is 6.84. The van der Waals surface area contributed by atoms with Gasteiger partial charge in [-0.15, -0.1) is 0 Å². The van der Waals surface area contributed by atoms with Gasteiger partial charge in [0.15, 0.2) is 0 Å². The summed E-state index contributed by atoms with van der Waals surface area (Å²) in [7, 11) is 0. The highest BCUT2D eigenvalue weighted by Gasteiger charge is 2.15. The van der Waals surface area contributed by atoms with Crippen LogP contribution in [-0.2, 0) is 42.7 Å². The molecule has 0 saturated carbocycles. The van der Waals surface area contributed by atoms with Crippen molar-refractivity contribution < 1.29 is 47.9 Å². The molecular weight excluding hydrogens is 388 g/mol. The van der Waals surface area contributed by atoms with Gasteiger partial charge in [-0.25, -0.2) is 4.79 Å². The van der Waals surface area contributed by atoms with Gasteiger partial charge in [-0.1, -0.05) is 0 Å². The van der Waals surface area contributed by atoms with Crippen LogP contribution in [0, 0.1) is 0 Å². The van der Waals surface area contributed by atoms with E-state index in [9.17, 15) is 9.59 Å². The van der Waals surface area contributed by atoms with Gasteiger partial charge < -0.3 is 38.3 Å². The largest absolute Gasteiger partial charge is 0.480 e. The molecule has 10 heteroatoms. The van der Waals surface area contributed by atoms with Crippen molar-refractivity contribution in [3.05, 3.63) is 0 Å². The summed E-state index contributed by atoms with van der Waals surface area (Å²) in [6, 6.07) is 0. The van der Waals surface area contributed by atoms with Crippen LogP contribution in [0.1, 0.15) is 27.2 Å². The van der Waals surface area contributed by atoms with E-state index < -0.39 is 11.6 Å². The van der Waals surface area contributed by atoms with Gasteiger partial charge in [0.1, 0.15) is 12.2 Å². The molecule has 0 aliphatic rings. The first kappa shape index (κ1) is 27.7. The Morgan fingerprint density at radius 1 is 0.621 bits per heavy atom. The zero-order valence-electron chi connectivity index (χ0n) is 17.8. The molecule has 1 N–H and O–H groups in total. The number of esters is 1. The van der Waals surface area contributed by atoms with Crippen LogP contribution in [-0.4, -0.2) is 102 Å². The Morgan fingerprint density at radius 3 is 1.31 bits per heavy atom. The highest BCUT2D eigenvalue weighted by atomic mass is 16.6. The number of hydrogen-bond acceptors (Lipinski definition) is 9. The van der Waals surface area contributed by atoms with Gasteiger partial charge in [0.05, 0.1) is 79.1 Å². The van der Waals surface area contributed by atoms with Crippen molar-refractivity contribution in [2.24, 2.45) is 0 Å². The van der Waals surface area contributed by atoms with Crippen molar-refractivity contribution in [2.75, 3.05) is 79.3 Å². The summed E-state index contributed by atoms with van der Waals surface area (Å²) >= 11 is 0. The average Bonchev–Trinajstić information content (AvgIpc) is 2.62. The number of carboxylic acids is 1. The van der Waals surface area contributed by atoms with Crippen LogP contribution in [0.5, 0.6) is 0 Å². The third kappa shape index (κ3) is 24.7. The summed E-state index contributed by atoms with van der Waals surface area (Å²) in [6.07, 6.45) is 0.226. The van der Waals surface area contributed by atoms with E-state index in [2.05, 4.69) is 0 Å². The van der Waals surface area contributed by atoms with Gasteiger partial charge in [0, 0.05) is 0 Å². The lowest BCUT2D eigenvalue weighted by molar-refractivity contribution is -0.156. The minimum Gasteiger partial charge on any atom is -0.480 e. The highest BCUT2D eigenvalue weighted by molar-refractivity contribution is 5.69. The van der Waals surface area contributed by atoms with Crippen molar-refractivity contribution in [3.63, 3.8) is 0 Å². The molecule has 172 valence electrons. The van der Waals surface area contributed by atoms with E-state index in [0.29, 0.717) is 66.1 Å². The predicted molar refractivity (Wildman–Crippen MR) is 103 cm³/mol. The SMILES string of the molecule is CC(C)(C)OC(=O)CCOCCOCCOCCOCCOCCOCC(=O)O. The molecule has 0 fully saturated rings. The Morgan fingerprint density at radius 2 is 0.966 bits per heavy atom. The van der Waals surface area contributed by atoms with Crippen LogP contribution in [0.4, 0.5) is 0 Å². The average molecular weight is 424 g/mol. The predicted octanol–water partition coefficient (Wildman–Crippen LogP) is 0.902. The smallest absolute Gasteiger partial charge is 0.329 e. The number of carbonyl (C=O) groups excluding carboxylic acids is 1. The summed E-state index contributed by atoms with van der Waals surface area (Å²) in [4.78, 5) is 21.7. The molecule has 0 spiro atoms.